The molecular weight excluding hydrogens is 379 g/mol. The zero-order valence-corrected chi connectivity index (χ0v) is 17.6. The molecule has 4 atom stereocenters. The number of carboxylic acid groups (broad SMARTS) is 2. The molecule has 29 heavy (non-hydrogen) atoms. The van der Waals surface area contributed by atoms with Crippen molar-refractivity contribution in [3.05, 3.63) is 29.6 Å². The van der Waals surface area contributed by atoms with E-state index >= 15 is 0 Å². The Morgan fingerprint density at radius 1 is 1.03 bits per heavy atom. The summed E-state index contributed by atoms with van der Waals surface area (Å²) in [6.45, 7) is 0.157. The highest BCUT2D eigenvalue weighted by Crippen LogP contribution is 2.46. The van der Waals surface area contributed by atoms with E-state index in [1.807, 2.05) is 12.1 Å². The maximum absolute atomic E-state index is 14.3. The number of nitrogens with zero attached hydrogens (tertiary/aromatic N) is 2. The van der Waals surface area contributed by atoms with Crippen molar-refractivity contribution in [3.8, 4) is 5.75 Å². The lowest BCUT2D eigenvalue weighted by molar-refractivity contribution is -0.123. The number of hydrogen-bond acceptors (Lipinski definition) is 5. The maximum Gasteiger partial charge on any atom is 0.290 e. The average molecular weight is 413 g/mol. The Morgan fingerprint density at radius 3 is 1.97 bits per heavy atom. The molecular formula is C21H33FN2O5. The molecule has 2 aliphatic rings. The van der Waals surface area contributed by atoms with Crippen LogP contribution in [-0.2, 0) is 16.1 Å². The number of methoxy groups -OCH3 is 1. The van der Waals surface area contributed by atoms with Gasteiger partial charge in [0.15, 0.2) is 11.6 Å². The van der Waals surface area contributed by atoms with Gasteiger partial charge in [0.05, 0.1) is 7.11 Å². The van der Waals surface area contributed by atoms with Crippen molar-refractivity contribution >= 4 is 12.9 Å². The third-order valence-electron chi connectivity index (χ3n) is 6.00. The molecule has 0 heterocycles. The van der Waals surface area contributed by atoms with E-state index in [1.165, 1.54) is 32.8 Å². The summed E-state index contributed by atoms with van der Waals surface area (Å²) >= 11 is 0. The van der Waals surface area contributed by atoms with E-state index in [2.05, 4.69) is 30.9 Å². The standard InChI is InChI=1S/C19H29FN2O.2CH2O2/c1-21(2)16-8-14-10-17(11-15(14)9-16)22(3)12-13-6-5-7-18(23-4)19(13)20;2*2-1-3/h5-7,14-17H,8-12H2,1-4H3;2*1H,(H,2,3)/t14-,15+,16?,17?;;. The van der Waals surface area contributed by atoms with Gasteiger partial charge in [-0.15, -0.1) is 0 Å². The normalized spacial score (nSPS) is 24.8. The third-order valence-corrected chi connectivity index (χ3v) is 6.00. The van der Waals surface area contributed by atoms with Crippen LogP contribution in [0.25, 0.3) is 0 Å². The molecule has 2 unspecified atom stereocenters. The second kappa shape index (κ2) is 12.4. The third kappa shape index (κ3) is 6.97. The van der Waals surface area contributed by atoms with E-state index in [0.29, 0.717) is 18.3 Å². The first-order valence-corrected chi connectivity index (χ1v) is 9.66. The summed E-state index contributed by atoms with van der Waals surface area (Å²) in [5, 5.41) is 13.8. The first kappa shape index (κ1) is 24.8. The molecule has 2 N–H and O–H groups in total. The zero-order chi connectivity index (χ0) is 22.0. The molecule has 0 bridgehead atoms. The first-order chi connectivity index (χ1) is 13.8. The monoisotopic (exact) mass is 412 g/mol. The van der Waals surface area contributed by atoms with Gasteiger partial charge < -0.3 is 19.8 Å². The van der Waals surface area contributed by atoms with E-state index in [1.54, 1.807) is 6.07 Å². The Balaban J connectivity index is 0.000000626. The summed E-state index contributed by atoms with van der Waals surface area (Å²) < 4.78 is 19.4. The fourth-order valence-corrected chi connectivity index (χ4v) is 4.57. The summed E-state index contributed by atoms with van der Waals surface area (Å²) in [7, 11) is 8.04. The molecule has 3 rings (SSSR count). The number of rotatable bonds is 5. The minimum absolute atomic E-state index is 0.215. The van der Waals surface area contributed by atoms with Gasteiger partial charge >= 0.3 is 0 Å². The highest BCUT2D eigenvalue weighted by molar-refractivity contribution is 5.33. The van der Waals surface area contributed by atoms with Crippen molar-refractivity contribution in [2.24, 2.45) is 11.8 Å². The van der Waals surface area contributed by atoms with Crippen molar-refractivity contribution in [1.82, 2.24) is 9.80 Å². The van der Waals surface area contributed by atoms with Gasteiger partial charge in [-0.2, -0.15) is 0 Å². The van der Waals surface area contributed by atoms with Crippen LogP contribution in [0, 0.1) is 17.7 Å². The Kier molecular flexibility index (Phi) is 10.6. The molecule has 1 aromatic rings. The number of benzene rings is 1. The van der Waals surface area contributed by atoms with Crippen molar-refractivity contribution in [2.45, 2.75) is 44.3 Å². The van der Waals surface area contributed by atoms with Gasteiger partial charge in [-0.3, -0.25) is 14.5 Å². The van der Waals surface area contributed by atoms with E-state index in [-0.39, 0.29) is 18.8 Å². The van der Waals surface area contributed by atoms with Crippen LogP contribution in [0.2, 0.25) is 0 Å². The molecule has 0 spiro atoms. The summed E-state index contributed by atoms with van der Waals surface area (Å²) in [6, 6.07) is 6.76. The van der Waals surface area contributed by atoms with Gasteiger partial charge in [-0.05, 0) is 64.7 Å². The predicted octanol–water partition coefficient (Wildman–Crippen LogP) is 2.79. The van der Waals surface area contributed by atoms with Gasteiger partial charge in [-0.25, -0.2) is 4.39 Å². The molecule has 2 aliphatic carbocycles. The number of ether oxygens (including phenoxy) is 1. The van der Waals surface area contributed by atoms with Crippen LogP contribution in [0.4, 0.5) is 4.39 Å². The fourth-order valence-electron chi connectivity index (χ4n) is 4.57. The van der Waals surface area contributed by atoms with Crippen molar-refractivity contribution < 1.29 is 28.9 Å². The molecule has 2 saturated carbocycles. The molecule has 1 aromatic carbocycles. The molecule has 8 heteroatoms. The van der Waals surface area contributed by atoms with E-state index in [9.17, 15) is 4.39 Å². The van der Waals surface area contributed by atoms with Crippen LogP contribution >= 0.6 is 0 Å². The topological polar surface area (TPSA) is 90.3 Å². The maximum atomic E-state index is 14.3. The predicted molar refractivity (Wildman–Crippen MR) is 109 cm³/mol. The van der Waals surface area contributed by atoms with Gasteiger partial charge in [0.2, 0.25) is 0 Å². The van der Waals surface area contributed by atoms with E-state index < -0.39 is 0 Å². The lowest BCUT2D eigenvalue weighted by atomic mass is 10.0. The largest absolute Gasteiger partial charge is 0.494 e. The summed E-state index contributed by atoms with van der Waals surface area (Å²) in [6.07, 6.45) is 5.18. The zero-order valence-electron chi connectivity index (χ0n) is 17.6. The molecule has 0 saturated heterocycles. The number of fused-ring (bicyclic) bond motifs is 1. The SMILES string of the molecule is COc1cccc(CN(C)C2C[C@H]3CC(N(C)C)C[C@H]3C2)c1F.O=CO.O=CO. The van der Waals surface area contributed by atoms with Gasteiger partial charge in [0.1, 0.15) is 0 Å². The summed E-state index contributed by atoms with van der Waals surface area (Å²) in [5.41, 5.74) is 0.732. The Bertz CT molecular complexity index is 623. The first-order valence-electron chi connectivity index (χ1n) is 9.66. The van der Waals surface area contributed by atoms with Crippen LogP contribution in [0.5, 0.6) is 5.75 Å². The molecule has 164 valence electrons. The second-order valence-electron chi connectivity index (χ2n) is 7.79. The lowest BCUT2D eigenvalue weighted by Crippen LogP contribution is -2.31. The molecule has 0 radical (unpaired) electrons. The molecule has 0 aromatic heterocycles. The number of carbonyl (C=O) groups is 2. The van der Waals surface area contributed by atoms with Crippen molar-refractivity contribution in [3.63, 3.8) is 0 Å². The smallest absolute Gasteiger partial charge is 0.290 e. The Labute approximate surface area is 172 Å². The molecule has 0 aliphatic heterocycles. The molecule has 2 fully saturated rings. The highest BCUT2D eigenvalue weighted by Gasteiger charge is 2.43. The van der Waals surface area contributed by atoms with Crippen LogP contribution in [0.1, 0.15) is 31.2 Å². The van der Waals surface area contributed by atoms with Gasteiger partial charge in [0, 0.05) is 24.2 Å². The van der Waals surface area contributed by atoms with E-state index in [4.69, 9.17) is 24.5 Å². The quantitative estimate of drug-likeness (QED) is 0.719. The van der Waals surface area contributed by atoms with Gasteiger partial charge in [-0.1, -0.05) is 12.1 Å². The summed E-state index contributed by atoms with van der Waals surface area (Å²) in [4.78, 5) is 21.4. The fraction of sp³-hybridized carbons (Fsp3) is 0.619. The Morgan fingerprint density at radius 2 is 1.52 bits per heavy atom. The minimum atomic E-state index is -0.250. The van der Waals surface area contributed by atoms with Gasteiger partial charge in [0.25, 0.3) is 12.9 Å². The van der Waals surface area contributed by atoms with Crippen molar-refractivity contribution in [1.29, 1.82) is 0 Å². The van der Waals surface area contributed by atoms with Crippen LogP contribution in [0.3, 0.4) is 0 Å². The summed E-state index contributed by atoms with van der Waals surface area (Å²) in [5.74, 6) is 1.83. The average Bonchev–Trinajstić information content (AvgIpc) is 3.24. The molecule has 7 nitrogen and oxygen atoms in total. The lowest BCUT2D eigenvalue weighted by Gasteiger charge is -2.27. The highest BCUT2D eigenvalue weighted by atomic mass is 19.1. The Hall–Kier alpha value is -2.19. The number of hydrogen-bond donors (Lipinski definition) is 2. The minimum Gasteiger partial charge on any atom is -0.494 e. The van der Waals surface area contributed by atoms with E-state index in [0.717, 1.165) is 23.4 Å². The molecule has 0 amide bonds. The second-order valence-corrected chi connectivity index (χ2v) is 7.79. The van der Waals surface area contributed by atoms with Crippen LogP contribution < -0.4 is 4.74 Å². The number of halogens is 1. The van der Waals surface area contributed by atoms with Crippen LogP contribution in [-0.4, -0.2) is 73.3 Å². The van der Waals surface area contributed by atoms with Crippen molar-refractivity contribution in [2.75, 3.05) is 28.3 Å². The van der Waals surface area contributed by atoms with Crippen LogP contribution in [0.15, 0.2) is 18.2 Å².